The number of hydrogen-bond acceptors (Lipinski definition) is 3. The van der Waals surface area contributed by atoms with Gasteiger partial charge in [0.25, 0.3) is 0 Å². The van der Waals surface area contributed by atoms with Gasteiger partial charge in [0.15, 0.2) is 5.60 Å². The number of rotatable bonds is 2. The quantitative estimate of drug-likeness (QED) is 0.632. The molecule has 1 saturated carbocycles. The van der Waals surface area contributed by atoms with Crippen LogP contribution in [0.2, 0.25) is 0 Å². The number of carboxylic acids is 2. The fourth-order valence-electron chi connectivity index (χ4n) is 2.50. The first-order valence-electron chi connectivity index (χ1n) is 4.74. The molecule has 1 rings (SSSR count). The number of hydrogen-bond donors (Lipinski definition) is 3. The Kier molecular flexibility index (Phi) is 2.35. The highest BCUT2D eigenvalue weighted by atomic mass is 16.4. The van der Waals surface area contributed by atoms with Crippen molar-refractivity contribution < 1.29 is 24.9 Å². The van der Waals surface area contributed by atoms with Crippen molar-refractivity contribution in [3.05, 3.63) is 0 Å². The van der Waals surface area contributed by atoms with Crippen molar-refractivity contribution in [1.82, 2.24) is 0 Å². The molecule has 1 aliphatic carbocycles. The van der Waals surface area contributed by atoms with Crippen molar-refractivity contribution in [2.45, 2.75) is 39.2 Å². The van der Waals surface area contributed by atoms with Gasteiger partial charge in [-0.2, -0.15) is 0 Å². The molecule has 3 N–H and O–H groups in total. The maximum Gasteiger partial charge on any atom is 0.336 e. The van der Waals surface area contributed by atoms with Crippen LogP contribution in [0.3, 0.4) is 0 Å². The SMILES string of the molecule is CC1(C(=O)O)CC(C)(C)C(O)(C(=O)O)C1. The zero-order valence-electron chi connectivity index (χ0n) is 9.07. The molecule has 0 saturated heterocycles. The van der Waals surface area contributed by atoms with Gasteiger partial charge in [-0.15, -0.1) is 0 Å². The molecule has 0 aromatic rings. The van der Waals surface area contributed by atoms with Gasteiger partial charge in [0.2, 0.25) is 0 Å². The zero-order valence-corrected chi connectivity index (χ0v) is 9.07. The van der Waals surface area contributed by atoms with Gasteiger partial charge in [-0.1, -0.05) is 13.8 Å². The van der Waals surface area contributed by atoms with Crippen LogP contribution in [0.5, 0.6) is 0 Å². The summed E-state index contributed by atoms with van der Waals surface area (Å²) in [6.45, 7) is 4.63. The first-order chi connectivity index (χ1) is 6.55. The van der Waals surface area contributed by atoms with Crippen molar-refractivity contribution in [1.29, 1.82) is 0 Å². The normalized spacial score (nSPS) is 38.9. The largest absolute Gasteiger partial charge is 0.481 e. The van der Waals surface area contributed by atoms with Gasteiger partial charge < -0.3 is 15.3 Å². The standard InChI is InChI=1S/C10H16O5/c1-8(2)4-9(3,6(11)12)5-10(8,15)7(13)14/h15H,4-5H2,1-3H3,(H,11,12)(H,13,14). The lowest BCUT2D eigenvalue weighted by atomic mass is 9.77. The van der Waals surface area contributed by atoms with Crippen molar-refractivity contribution >= 4 is 11.9 Å². The molecule has 0 aliphatic heterocycles. The van der Waals surface area contributed by atoms with Gasteiger partial charge in [-0.05, 0) is 13.3 Å². The third kappa shape index (κ3) is 1.51. The summed E-state index contributed by atoms with van der Waals surface area (Å²) < 4.78 is 0. The van der Waals surface area contributed by atoms with Crippen LogP contribution >= 0.6 is 0 Å². The minimum atomic E-state index is -1.96. The molecule has 86 valence electrons. The Bertz CT molecular complexity index is 322. The van der Waals surface area contributed by atoms with Gasteiger partial charge >= 0.3 is 11.9 Å². The highest BCUT2D eigenvalue weighted by Gasteiger charge is 2.63. The zero-order chi connectivity index (χ0) is 12.1. The molecule has 0 heterocycles. The minimum absolute atomic E-state index is 0.151. The monoisotopic (exact) mass is 216 g/mol. The van der Waals surface area contributed by atoms with E-state index in [1.54, 1.807) is 13.8 Å². The molecule has 0 radical (unpaired) electrons. The van der Waals surface area contributed by atoms with Gasteiger partial charge in [0.05, 0.1) is 5.41 Å². The van der Waals surface area contributed by atoms with Crippen LogP contribution in [0.25, 0.3) is 0 Å². The lowest BCUT2D eigenvalue weighted by molar-refractivity contribution is -0.169. The third-order valence-electron chi connectivity index (χ3n) is 3.47. The molecule has 0 aromatic carbocycles. The van der Waals surface area contributed by atoms with E-state index in [1.807, 2.05) is 0 Å². The molecule has 0 aromatic heterocycles. The van der Waals surface area contributed by atoms with Crippen molar-refractivity contribution in [3.63, 3.8) is 0 Å². The Balaban J connectivity index is 3.16. The van der Waals surface area contributed by atoms with E-state index in [1.165, 1.54) is 6.92 Å². The summed E-state index contributed by atoms with van der Waals surface area (Å²) in [6, 6.07) is 0. The molecule has 0 amide bonds. The van der Waals surface area contributed by atoms with Crippen molar-refractivity contribution in [3.8, 4) is 0 Å². The molecule has 0 bridgehead atoms. The summed E-state index contributed by atoms with van der Waals surface area (Å²) in [5.74, 6) is -2.41. The smallest absolute Gasteiger partial charge is 0.336 e. The minimum Gasteiger partial charge on any atom is -0.481 e. The van der Waals surface area contributed by atoms with Crippen LogP contribution in [0, 0.1) is 10.8 Å². The Morgan fingerprint density at radius 1 is 1.00 bits per heavy atom. The fourth-order valence-corrected chi connectivity index (χ4v) is 2.50. The second kappa shape index (κ2) is 2.95. The summed E-state index contributed by atoms with van der Waals surface area (Å²) in [5, 5.41) is 28.0. The van der Waals surface area contributed by atoms with Gasteiger partial charge in [0.1, 0.15) is 0 Å². The predicted octanol–water partition coefficient (Wildman–Crippen LogP) is 0.713. The highest BCUT2D eigenvalue weighted by molar-refractivity contribution is 5.83. The fraction of sp³-hybridized carbons (Fsp3) is 0.800. The van der Waals surface area contributed by atoms with Crippen molar-refractivity contribution in [2.24, 2.45) is 10.8 Å². The molecular weight excluding hydrogens is 200 g/mol. The molecule has 2 atom stereocenters. The molecule has 1 aliphatic rings. The van der Waals surface area contributed by atoms with E-state index >= 15 is 0 Å². The van der Waals surface area contributed by atoms with Gasteiger partial charge in [-0.3, -0.25) is 4.79 Å². The first-order valence-corrected chi connectivity index (χ1v) is 4.74. The highest BCUT2D eigenvalue weighted by Crippen LogP contribution is 2.55. The summed E-state index contributed by atoms with van der Waals surface area (Å²) in [7, 11) is 0. The van der Waals surface area contributed by atoms with E-state index in [0.717, 1.165) is 0 Å². The second-order valence-corrected chi connectivity index (χ2v) is 5.27. The van der Waals surface area contributed by atoms with Crippen molar-refractivity contribution in [2.75, 3.05) is 0 Å². The van der Waals surface area contributed by atoms with Gasteiger partial charge in [0, 0.05) is 11.8 Å². The molecule has 0 spiro atoms. The summed E-state index contributed by atoms with van der Waals surface area (Å²) in [5.41, 5.74) is -4.07. The van der Waals surface area contributed by atoms with E-state index < -0.39 is 28.4 Å². The summed E-state index contributed by atoms with van der Waals surface area (Å²) >= 11 is 0. The molecule has 5 heteroatoms. The van der Waals surface area contributed by atoms with Crippen LogP contribution in [0.4, 0.5) is 0 Å². The average Bonchev–Trinajstić information content (AvgIpc) is 2.20. The number of carbonyl (C=O) groups is 2. The maximum absolute atomic E-state index is 11.0. The second-order valence-electron chi connectivity index (χ2n) is 5.27. The Hall–Kier alpha value is -1.10. The van der Waals surface area contributed by atoms with E-state index in [-0.39, 0.29) is 12.8 Å². The summed E-state index contributed by atoms with van der Waals surface area (Å²) in [6.07, 6.45) is -0.101. The Morgan fingerprint density at radius 2 is 1.47 bits per heavy atom. The predicted molar refractivity (Wildman–Crippen MR) is 51.3 cm³/mol. The van der Waals surface area contributed by atoms with E-state index in [0.29, 0.717) is 0 Å². The topological polar surface area (TPSA) is 94.8 Å². The third-order valence-corrected chi connectivity index (χ3v) is 3.47. The summed E-state index contributed by atoms with van der Waals surface area (Å²) in [4.78, 5) is 22.0. The van der Waals surface area contributed by atoms with E-state index in [9.17, 15) is 14.7 Å². The number of aliphatic hydroxyl groups is 1. The average molecular weight is 216 g/mol. The van der Waals surface area contributed by atoms with Crippen LogP contribution in [0.1, 0.15) is 33.6 Å². The number of aliphatic carboxylic acids is 2. The molecule has 1 fully saturated rings. The van der Waals surface area contributed by atoms with E-state index in [2.05, 4.69) is 0 Å². The van der Waals surface area contributed by atoms with Gasteiger partial charge in [-0.25, -0.2) is 4.79 Å². The maximum atomic E-state index is 11.0. The van der Waals surface area contributed by atoms with Crippen LogP contribution in [0.15, 0.2) is 0 Å². The lowest BCUT2D eigenvalue weighted by Crippen LogP contribution is -2.47. The molecule has 5 nitrogen and oxygen atoms in total. The number of carboxylic acid groups (broad SMARTS) is 2. The molecule has 15 heavy (non-hydrogen) atoms. The van der Waals surface area contributed by atoms with E-state index in [4.69, 9.17) is 10.2 Å². The first kappa shape index (κ1) is 12.0. The van der Waals surface area contributed by atoms with Crippen LogP contribution < -0.4 is 0 Å². The Labute approximate surface area is 87.7 Å². The molecular formula is C10H16O5. The lowest BCUT2D eigenvalue weighted by Gasteiger charge is -2.31. The van der Waals surface area contributed by atoms with Crippen LogP contribution in [-0.4, -0.2) is 32.9 Å². The van der Waals surface area contributed by atoms with Crippen LogP contribution in [-0.2, 0) is 9.59 Å². The molecule has 2 unspecified atom stereocenters. The Morgan fingerprint density at radius 3 is 1.67 bits per heavy atom.